The molecule has 0 N–H and O–H groups in total. The summed E-state index contributed by atoms with van der Waals surface area (Å²) in [5, 5.41) is 0. The van der Waals surface area contributed by atoms with Gasteiger partial charge in [0.15, 0.2) is 0 Å². The fraction of sp³-hybridized carbons (Fsp3) is 0.190. The number of ether oxygens (including phenoxy) is 1. The minimum absolute atomic E-state index is 0.0101. The van der Waals surface area contributed by atoms with Crippen molar-refractivity contribution in [1.82, 2.24) is 4.90 Å². The topological polar surface area (TPSA) is 29.5 Å². The number of carbonyl (C=O) groups excluding carboxylic acids is 1. The van der Waals surface area contributed by atoms with E-state index in [4.69, 9.17) is 4.74 Å². The van der Waals surface area contributed by atoms with Gasteiger partial charge >= 0.3 is 0 Å². The van der Waals surface area contributed by atoms with Gasteiger partial charge in [-0.1, -0.05) is 72.8 Å². The van der Waals surface area contributed by atoms with E-state index in [0.717, 1.165) is 11.1 Å². The predicted octanol–water partition coefficient (Wildman–Crippen LogP) is 3.99. The second-order valence-corrected chi connectivity index (χ2v) is 5.39. The van der Waals surface area contributed by atoms with Crippen molar-refractivity contribution in [2.45, 2.75) is 6.10 Å². The average molecular weight is 321 g/mol. The van der Waals surface area contributed by atoms with Crippen LogP contribution in [0.5, 0.6) is 0 Å². The van der Waals surface area contributed by atoms with Gasteiger partial charge in [-0.2, -0.15) is 0 Å². The van der Waals surface area contributed by atoms with Crippen LogP contribution >= 0.6 is 0 Å². The van der Waals surface area contributed by atoms with Gasteiger partial charge in [0.2, 0.25) is 5.91 Å². The van der Waals surface area contributed by atoms with Crippen LogP contribution in [-0.2, 0) is 9.53 Å². The molecule has 0 fully saturated rings. The Balaban J connectivity index is 2.13. The number of benzene rings is 2. The van der Waals surface area contributed by atoms with Crippen molar-refractivity contribution in [3.05, 3.63) is 97.1 Å². The maximum Gasteiger partial charge on any atom is 0.249 e. The summed E-state index contributed by atoms with van der Waals surface area (Å²) in [5.41, 5.74) is 2.05. The van der Waals surface area contributed by atoms with Gasteiger partial charge in [0, 0.05) is 13.1 Å². The molecule has 3 nitrogen and oxygen atoms in total. The van der Waals surface area contributed by atoms with Crippen LogP contribution in [-0.4, -0.2) is 30.5 Å². The number of hydrogen-bond acceptors (Lipinski definition) is 2. The SMILES string of the molecule is C=CCN(CC=C)C(=O)COC(c1ccccc1)c1ccccc1. The van der Waals surface area contributed by atoms with Crippen LogP contribution < -0.4 is 0 Å². The summed E-state index contributed by atoms with van der Waals surface area (Å²) in [6.07, 6.45) is 3.13. The summed E-state index contributed by atoms with van der Waals surface area (Å²) < 4.78 is 5.99. The van der Waals surface area contributed by atoms with Gasteiger partial charge in [-0.3, -0.25) is 4.79 Å². The molecule has 0 atom stereocenters. The van der Waals surface area contributed by atoms with Crippen LogP contribution in [0.25, 0.3) is 0 Å². The van der Waals surface area contributed by atoms with Gasteiger partial charge in [0.05, 0.1) is 0 Å². The first-order chi connectivity index (χ1) is 11.8. The quantitative estimate of drug-likeness (QED) is 0.654. The van der Waals surface area contributed by atoms with Crippen molar-refractivity contribution in [2.24, 2.45) is 0 Å². The second-order valence-electron chi connectivity index (χ2n) is 5.39. The predicted molar refractivity (Wildman–Crippen MR) is 97.7 cm³/mol. The smallest absolute Gasteiger partial charge is 0.249 e. The molecule has 0 aromatic heterocycles. The summed E-state index contributed by atoms with van der Waals surface area (Å²) in [6.45, 7) is 8.35. The normalized spacial score (nSPS) is 10.4. The Morgan fingerprint density at radius 3 is 1.79 bits per heavy atom. The first-order valence-corrected chi connectivity index (χ1v) is 7.97. The third-order valence-corrected chi connectivity index (χ3v) is 3.63. The van der Waals surface area contributed by atoms with Crippen molar-refractivity contribution in [2.75, 3.05) is 19.7 Å². The van der Waals surface area contributed by atoms with Crippen molar-refractivity contribution in [3.8, 4) is 0 Å². The Morgan fingerprint density at radius 1 is 0.917 bits per heavy atom. The highest BCUT2D eigenvalue weighted by atomic mass is 16.5. The third kappa shape index (κ3) is 4.93. The standard InChI is InChI=1S/C21H23NO2/c1-3-15-22(16-4-2)20(23)17-24-21(18-11-7-5-8-12-18)19-13-9-6-10-14-19/h3-14,21H,1-2,15-17H2. The number of nitrogens with zero attached hydrogens (tertiary/aromatic N) is 1. The van der Waals surface area contributed by atoms with E-state index in [1.54, 1.807) is 17.1 Å². The summed E-state index contributed by atoms with van der Waals surface area (Å²) in [7, 11) is 0. The molecule has 0 radical (unpaired) electrons. The van der Waals surface area contributed by atoms with Crippen LogP contribution in [0.3, 0.4) is 0 Å². The number of amides is 1. The van der Waals surface area contributed by atoms with Gasteiger partial charge in [-0.15, -0.1) is 13.2 Å². The van der Waals surface area contributed by atoms with Crippen LogP contribution in [0.1, 0.15) is 17.2 Å². The van der Waals surface area contributed by atoms with Crippen LogP contribution in [0.15, 0.2) is 86.0 Å². The molecule has 0 saturated carbocycles. The zero-order valence-corrected chi connectivity index (χ0v) is 13.8. The summed E-state index contributed by atoms with van der Waals surface area (Å²) >= 11 is 0. The highest BCUT2D eigenvalue weighted by Gasteiger charge is 2.18. The highest BCUT2D eigenvalue weighted by molar-refractivity contribution is 5.77. The van der Waals surface area contributed by atoms with Gasteiger partial charge in [0.25, 0.3) is 0 Å². The zero-order chi connectivity index (χ0) is 17.2. The van der Waals surface area contributed by atoms with E-state index in [2.05, 4.69) is 13.2 Å². The first kappa shape index (κ1) is 17.7. The molecule has 24 heavy (non-hydrogen) atoms. The van der Waals surface area contributed by atoms with E-state index < -0.39 is 0 Å². The summed E-state index contributed by atoms with van der Waals surface area (Å²) in [5.74, 6) is -0.0772. The van der Waals surface area contributed by atoms with Gasteiger partial charge in [-0.25, -0.2) is 0 Å². The highest BCUT2D eigenvalue weighted by Crippen LogP contribution is 2.25. The molecule has 0 aliphatic carbocycles. The fourth-order valence-electron chi connectivity index (χ4n) is 2.48. The molecular weight excluding hydrogens is 298 g/mol. The minimum Gasteiger partial charge on any atom is -0.359 e. The molecular formula is C21H23NO2. The molecule has 0 spiro atoms. The third-order valence-electron chi connectivity index (χ3n) is 3.63. The van der Waals surface area contributed by atoms with E-state index in [-0.39, 0.29) is 18.6 Å². The van der Waals surface area contributed by atoms with Gasteiger partial charge in [-0.05, 0) is 11.1 Å². The maximum absolute atomic E-state index is 12.4. The van der Waals surface area contributed by atoms with E-state index >= 15 is 0 Å². The van der Waals surface area contributed by atoms with E-state index in [9.17, 15) is 4.79 Å². The summed E-state index contributed by atoms with van der Waals surface area (Å²) in [6, 6.07) is 19.8. The summed E-state index contributed by atoms with van der Waals surface area (Å²) in [4.78, 5) is 14.1. The molecule has 2 aromatic carbocycles. The molecule has 0 saturated heterocycles. The van der Waals surface area contributed by atoms with E-state index in [1.165, 1.54) is 0 Å². The molecule has 124 valence electrons. The molecule has 1 amide bonds. The molecule has 2 rings (SSSR count). The lowest BCUT2D eigenvalue weighted by Gasteiger charge is -2.23. The number of rotatable bonds is 9. The Labute approximate surface area is 143 Å². The van der Waals surface area contributed by atoms with Crippen LogP contribution in [0.2, 0.25) is 0 Å². The number of hydrogen-bond donors (Lipinski definition) is 0. The molecule has 3 heteroatoms. The fourth-order valence-corrected chi connectivity index (χ4v) is 2.48. The Morgan fingerprint density at radius 2 is 1.38 bits per heavy atom. The Bertz CT molecular complexity index is 603. The van der Waals surface area contributed by atoms with Gasteiger partial charge in [0.1, 0.15) is 12.7 Å². The lowest BCUT2D eigenvalue weighted by atomic mass is 10.0. The van der Waals surface area contributed by atoms with E-state index in [0.29, 0.717) is 13.1 Å². The Kier molecular flexibility index (Phi) is 6.99. The Hall–Kier alpha value is -2.65. The van der Waals surface area contributed by atoms with Gasteiger partial charge < -0.3 is 9.64 Å². The van der Waals surface area contributed by atoms with Crippen molar-refractivity contribution in [1.29, 1.82) is 0 Å². The second kappa shape index (κ2) is 9.48. The molecule has 0 bridgehead atoms. The molecule has 0 heterocycles. The zero-order valence-electron chi connectivity index (χ0n) is 13.8. The average Bonchev–Trinajstić information content (AvgIpc) is 2.63. The van der Waals surface area contributed by atoms with Crippen molar-refractivity contribution >= 4 is 5.91 Å². The first-order valence-electron chi connectivity index (χ1n) is 7.97. The largest absolute Gasteiger partial charge is 0.359 e. The minimum atomic E-state index is -0.273. The maximum atomic E-state index is 12.4. The molecule has 2 aromatic rings. The van der Waals surface area contributed by atoms with Crippen LogP contribution in [0.4, 0.5) is 0 Å². The van der Waals surface area contributed by atoms with E-state index in [1.807, 2.05) is 60.7 Å². The lowest BCUT2D eigenvalue weighted by molar-refractivity contribution is -0.136. The monoisotopic (exact) mass is 321 g/mol. The van der Waals surface area contributed by atoms with Crippen molar-refractivity contribution < 1.29 is 9.53 Å². The molecule has 0 unspecified atom stereocenters. The lowest BCUT2D eigenvalue weighted by Crippen LogP contribution is -2.34. The molecule has 0 aliphatic rings. The number of carbonyl (C=O) groups is 1. The molecule has 0 aliphatic heterocycles. The van der Waals surface area contributed by atoms with Crippen molar-refractivity contribution in [3.63, 3.8) is 0 Å². The van der Waals surface area contributed by atoms with Crippen LogP contribution in [0, 0.1) is 0 Å².